The summed E-state index contributed by atoms with van der Waals surface area (Å²) in [6.07, 6.45) is 2.66. The van der Waals surface area contributed by atoms with Gasteiger partial charge in [-0.05, 0) is 47.6 Å². The Morgan fingerprint density at radius 2 is 1.08 bits per heavy atom. The second-order valence-electron chi connectivity index (χ2n) is 4.68. The molecule has 0 atom stereocenters. The fourth-order valence-electron chi connectivity index (χ4n) is 1.77. The molecule has 0 spiro atoms. The van der Waals surface area contributed by atoms with E-state index in [1.807, 2.05) is 13.8 Å². The fraction of sp³-hybridized carbons (Fsp3) is 1.00. The van der Waals surface area contributed by atoms with Crippen LogP contribution in [-0.2, 0) is 0 Å². The molecule has 0 aromatic heterocycles. The molecule has 1 nitrogen and oxygen atoms in total. The molecule has 12 heavy (non-hydrogen) atoms. The molecule has 0 saturated carbocycles. The average Bonchev–Trinajstić information content (AvgIpc) is 2.19. The maximum Gasteiger partial charge on any atom is 0.0156 e. The predicted molar refractivity (Wildman–Crippen MR) is 56.5 cm³/mol. The van der Waals surface area contributed by atoms with Crippen LogP contribution in [0.1, 0.15) is 54.4 Å². The number of nitrogens with zero attached hydrogens (tertiary/aromatic N) is 1. The van der Waals surface area contributed by atoms with E-state index in [0.29, 0.717) is 11.1 Å². The molecule has 0 aliphatic carbocycles. The van der Waals surface area contributed by atoms with Crippen molar-refractivity contribution in [2.45, 2.75) is 65.5 Å². The van der Waals surface area contributed by atoms with Crippen LogP contribution in [-0.4, -0.2) is 23.0 Å². The summed E-state index contributed by atoms with van der Waals surface area (Å²) >= 11 is 0. The normalized spacial score (nSPS) is 26.2. The van der Waals surface area contributed by atoms with Crippen LogP contribution in [0.2, 0.25) is 0 Å². The van der Waals surface area contributed by atoms with E-state index in [2.05, 4.69) is 39.6 Å². The van der Waals surface area contributed by atoms with Gasteiger partial charge in [0.2, 0.25) is 0 Å². The van der Waals surface area contributed by atoms with Gasteiger partial charge in [0.05, 0.1) is 0 Å². The van der Waals surface area contributed by atoms with Gasteiger partial charge in [0.1, 0.15) is 0 Å². The third-order valence-electron chi connectivity index (χ3n) is 3.16. The summed E-state index contributed by atoms with van der Waals surface area (Å²) in [4.78, 5) is 2.49. The largest absolute Gasteiger partial charge is 0.296 e. The summed E-state index contributed by atoms with van der Waals surface area (Å²) in [5.74, 6) is 0. The Kier molecular flexibility index (Phi) is 3.77. The molecule has 1 heteroatoms. The monoisotopic (exact) mass is 171 g/mol. The van der Waals surface area contributed by atoms with Crippen LogP contribution >= 0.6 is 0 Å². The Hall–Kier alpha value is -0.0400. The van der Waals surface area contributed by atoms with Crippen molar-refractivity contribution in [3.05, 3.63) is 0 Å². The van der Waals surface area contributed by atoms with E-state index in [4.69, 9.17) is 0 Å². The quantitative estimate of drug-likeness (QED) is 0.540. The molecule has 1 fully saturated rings. The van der Waals surface area contributed by atoms with E-state index in [-0.39, 0.29) is 0 Å². The van der Waals surface area contributed by atoms with Crippen LogP contribution in [0.4, 0.5) is 0 Å². The highest BCUT2D eigenvalue weighted by molar-refractivity contribution is 4.98. The first-order valence-corrected chi connectivity index (χ1v) is 5.10. The molecule has 0 unspecified atom stereocenters. The van der Waals surface area contributed by atoms with Crippen molar-refractivity contribution in [1.29, 1.82) is 0 Å². The van der Waals surface area contributed by atoms with Gasteiger partial charge in [0, 0.05) is 11.1 Å². The zero-order valence-electron chi connectivity index (χ0n) is 9.86. The molecular weight excluding hydrogens is 146 g/mol. The van der Waals surface area contributed by atoms with Gasteiger partial charge in [-0.3, -0.25) is 4.90 Å². The van der Waals surface area contributed by atoms with Crippen molar-refractivity contribution in [2.24, 2.45) is 0 Å². The van der Waals surface area contributed by atoms with E-state index in [1.54, 1.807) is 0 Å². The van der Waals surface area contributed by atoms with Gasteiger partial charge in [-0.15, -0.1) is 0 Å². The third kappa shape index (κ3) is 2.22. The molecule has 1 heterocycles. The van der Waals surface area contributed by atoms with Crippen LogP contribution in [0.5, 0.6) is 0 Å². The van der Waals surface area contributed by atoms with Crippen molar-refractivity contribution in [1.82, 2.24) is 4.90 Å². The highest BCUT2D eigenvalue weighted by atomic mass is 15.2. The maximum atomic E-state index is 2.49. The Bertz CT molecular complexity index is 120. The van der Waals surface area contributed by atoms with Gasteiger partial charge in [-0.2, -0.15) is 0 Å². The summed E-state index contributed by atoms with van der Waals surface area (Å²) in [5, 5.41) is 0. The van der Waals surface area contributed by atoms with Crippen LogP contribution in [0.15, 0.2) is 0 Å². The molecule has 74 valence electrons. The Balaban J connectivity index is 0.000000561. The lowest BCUT2D eigenvalue weighted by molar-refractivity contribution is 0.115. The first kappa shape index (κ1) is 12.0. The SMILES string of the molecule is CC.CN1C(C)(C)CCC1(C)C. The molecule has 1 aliphatic rings. The second-order valence-corrected chi connectivity index (χ2v) is 4.68. The minimum absolute atomic E-state index is 0.420. The van der Waals surface area contributed by atoms with Crippen LogP contribution < -0.4 is 0 Å². The van der Waals surface area contributed by atoms with Gasteiger partial charge < -0.3 is 0 Å². The highest BCUT2D eigenvalue weighted by Crippen LogP contribution is 2.38. The van der Waals surface area contributed by atoms with E-state index >= 15 is 0 Å². The van der Waals surface area contributed by atoms with Gasteiger partial charge in [-0.1, -0.05) is 13.8 Å². The van der Waals surface area contributed by atoms with Crippen molar-refractivity contribution in [2.75, 3.05) is 7.05 Å². The summed E-state index contributed by atoms with van der Waals surface area (Å²) in [7, 11) is 2.23. The van der Waals surface area contributed by atoms with Crippen LogP contribution in [0.25, 0.3) is 0 Å². The van der Waals surface area contributed by atoms with Gasteiger partial charge in [0.15, 0.2) is 0 Å². The Morgan fingerprint density at radius 1 is 0.833 bits per heavy atom. The van der Waals surface area contributed by atoms with Gasteiger partial charge in [-0.25, -0.2) is 0 Å². The lowest BCUT2D eigenvalue weighted by Crippen LogP contribution is -2.44. The van der Waals surface area contributed by atoms with E-state index < -0.39 is 0 Å². The summed E-state index contributed by atoms with van der Waals surface area (Å²) in [6.45, 7) is 13.3. The minimum Gasteiger partial charge on any atom is -0.296 e. The minimum atomic E-state index is 0.420. The molecule has 0 amide bonds. The highest BCUT2D eigenvalue weighted by Gasteiger charge is 2.41. The summed E-state index contributed by atoms with van der Waals surface area (Å²) in [6, 6.07) is 0. The van der Waals surface area contributed by atoms with Crippen LogP contribution in [0, 0.1) is 0 Å². The number of likely N-dealkylation sites (tertiary alicyclic amines) is 1. The lowest BCUT2D eigenvalue weighted by Gasteiger charge is -2.36. The van der Waals surface area contributed by atoms with E-state index in [1.165, 1.54) is 12.8 Å². The predicted octanol–water partition coefficient (Wildman–Crippen LogP) is 3.30. The molecule has 0 bridgehead atoms. The fourth-order valence-corrected chi connectivity index (χ4v) is 1.77. The molecule has 0 aromatic rings. The van der Waals surface area contributed by atoms with Crippen molar-refractivity contribution in [3.63, 3.8) is 0 Å². The number of hydrogen-bond acceptors (Lipinski definition) is 1. The van der Waals surface area contributed by atoms with Crippen molar-refractivity contribution < 1.29 is 0 Å². The van der Waals surface area contributed by atoms with E-state index in [0.717, 1.165) is 0 Å². The van der Waals surface area contributed by atoms with Gasteiger partial charge in [0.25, 0.3) is 0 Å². The number of hydrogen-bond donors (Lipinski definition) is 0. The molecular formula is C11H25N. The first-order chi connectivity index (χ1) is 5.36. The zero-order valence-corrected chi connectivity index (χ0v) is 9.86. The molecule has 1 rings (SSSR count). The second kappa shape index (κ2) is 3.78. The molecule has 0 radical (unpaired) electrons. The average molecular weight is 171 g/mol. The first-order valence-electron chi connectivity index (χ1n) is 5.10. The van der Waals surface area contributed by atoms with E-state index in [9.17, 15) is 0 Å². The molecule has 0 aromatic carbocycles. The van der Waals surface area contributed by atoms with Crippen LogP contribution in [0.3, 0.4) is 0 Å². The van der Waals surface area contributed by atoms with Gasteiger partial charge >= 0.3 is 0 Å². The lowest BCUT2D eigenvalue weighted by atomic mass is 10.0. The standard InChI is InChI=1S/C9H19N.C2H6/c1-8(2)6-7-9(3,4)10(8)5;1-2/h6-7H2,1-5H3;1-2H3. The Labute approximate surface area is 78.1 Å². The van der Waals surface area contributed by atoms with Crippen molar-refractivity contribution in [3.8, 4) is 0 Å². The van der Waals surface area contributed by atoms with Crippen molar-refractivity contribution >= 4 is 0 Å². The summed E-state index contributed by atoms with van der Waals surface area (Å²) < 4.78 is 0. The zero-order chi connectivity index (χ0) is 9.99. The smallest absolute Gasteiger partial charge is 0.0156 e. The number of rotatable bonds is 0. The maximum absolute atomic E-state index is 2.49. The molecule has 1 aliphatic heterocycles. The Morgan fingerprint density at radius 3 is 1.17 bits per heavy atom. The summed E-state index contributed by atoms with van der Waals surface area (Å²) in [5.41, 5.74) is 0.840. The third-order valence-corrected chi connectivity index (χ3v) is 3.16. The topological polar surface area (TPSA) is 3.24 Å². The molecule has 0 N–H and O–H groups in total. The molecule has 1 saturated heterocycles.